The normalized spacial score (nSPS) is 21.6. The van der Waals surface area contributed by atoms with E-state index < -0.39 is 6.04 Å². The van der Waals surface area contributed by atoms with Gasteiger partial charge in [0, 0.05) is 18.3 Å². The third kappa shape index (κ3) is 5.75. The molecule has 4 rings (SSSR count). The monoisotopic (exact) mass is 478 g/mol. The van der Waals surface area contributed by atoms with E-state index in [0.29, 0.717) is 23.1 Å². The van der Waals surface area contributed by atoms with Crippen molar-refractivity contribution >= 4 is 34.8 Å². The van der Waals surface area contributed by atoms with E-state index in [-0.39, 0.29) is 30.3 Å². The first-order chi connectivity index (χ1) is 16.5. The lowest BCUT2D eigenvalue weighted by Crippen LogP contribution is -2.69. The number of hydrogen-bond acceptors (Lipinski definition) is 4. The van der Waals surface area contributed by atoms with Crippen LogP contribution in [0.15, 0.2) is 67.3 Å². The molecule has 7 nitrogen and oxygen atoms in total. The van der Waals surface area contributed by atoms with Crippen LogP contribution < -0.4 is 20.7 Å². The van der Waals surface area contributed by atoms with Crippen LogP contribution in [-0.4, -0.2) is 46.5 Å². The molecule has 2 amide bonds. The quantitative estimate of drug-likeness (QED) is 0.413. The standard InChI is InChI=1S/C26H30N4O3S/c1-2-16-27-26(34)30-22-11-7-6-10-21(22)29-25(32)23(30)17-24(31)28-18-12-14-20(15-13-18)33-19-8-4-3-5-9-19/h2-5,8-9,12-15,21-23H,1,6-7,10-11,16-17H2,(H,27,34)(H,28,31)(H,29,32)/t21-,22+,23-/m1/s1. The zero-order valence-corrected chi connectivity index (χ0v) is 19.9. The number of carbonyl (C=O) groups excluding carboxylic acids is 2. The predicted octanol–water partition coefficient (Wildman–Crippen LogP) is 3.98. The molecule has 8 heteroatoms. The highest BCUT2D eigenvalue weighted by atomic mass is 32.1. The van der Waals surface area contributed by atoms with Crippen molar-refractivity contribution in [1.82, 2.24) is 15.5 Å². The molecule has 1 saturated heterocycles. The zero-order chi connectivity index (χ0) is 23.9. The molecule has 0 unspecified atom stereocenters. The summed E-state index contributed by atoms with van der Waals surface area (Å²) in [5.74, 6) is 1.00. The average Bonchev–Trinajstić information content (AvgIpc) is 2.85. The first-order valence-electron chi connectivity index (χ1n) is 11.7. The molecule has 2 aromatic rings. The summed E-state index contributed by atoms with van der Waals surface area (Å²) in [5, 5.41) is 9.66. The van der Waals surface area contributed by atoms with Crippen LogP contribution in [0.4, 0.5) is 5.69 Å². The summed E-state index contributed by atoms with van der Waals surface area (Å²) >= 11 is 5.63. The molecule has 1 saturated carbocycles. The third-order valence-corrected chi connectivity index (χ3v) is 6.54. The van der Waals surface area contributed by atoms with Crippen LogP contribution in [0.5, 0.6) is 11.5 Å². The van der Waals surface area contributed by atoms with Gasteiger partial charge in [-0.3, -0.25) is 9.59 Å². The second-order valence-corrected chi connectivity index (χ2v) is 8.94. The number of anilines is 1. The van der Waals surface area contributed by atoms with Gasteiger partial charge in [-0.2, -0.15) is 0 Å². The van der Waals surface area contributed by atoms with Crippen molar-refractivity contribution in [2.24, 2.45) is 0 Å². The van der Waals surface area contributed by atoms with Crippen molar-refractivity contribution in [2.75, 3.05) is 11.9 Å². The van der Waals surface area contributed by atoms with Crippen molar-refractivity contribution in [3.05, 3.63) is 67.3 Å². The molecule has 0 aromatic heterocycles. The highest BCUT2D eigenvalue weighted by Crippen LogP contribution is 2.30. The van der Waals surface area contributed by atoms with E-state index in [9.17, 15) is 9.59 Å². The van der Waals surface area contributed by atoms with Crippen LogP contribution in [0.1, 0.15) is 32.1 Å². The molecule has 2 fully saturated rings. The molecule has 34 heavy (non-hydrogen) atoms. The first-order valence-corrected chi connectivity index (χ1v) is 12.1. The Morgan fingerprint density at radius 3 is 2.56 bits per heavy atom. The molecule has 1 heterocycles. The molecule has 2 aliphatic rings. The molecule has 2 aromatic carbocycles. The lowest BCUT2D eigenvalue weighted by molar-refractivity contribution is -0.134. The Bertz CT molecular complexity index is 1030. The summed E-state index contributed by atoms with van der Waals surface area (Å²) in [5.41, 5.74) is 0.635. The minimum atomic E-state index is -0.662. The van der Waals surface area contributed by atoms with Gasteiger partial charge in [0.2, 0.25) is 11.8 Å². The third-order valence-electron chi connectivity index (χ3n) is 6.18. The molecule has 3 atom stereocenters. The number of hydrogen-bond donors (Lipinski definition) is 3. The number of para-hydroxylation sites is 1. The van der Waals surface area contributed by atoms with Gasteiger partial charge in [-0.1, -0.05) is 37.1 Å². The maximum absolute atomic E-state index is 13.0. The number of ether oxygens (including phenoxy) is 1. The number of amides is 2. The zero-order valence-electron chi connectivity index (χ0n) is 19.0. The Hall–Kier alpha value is -3.39. The smallest absolute Gasteiger partial charge is 0.243 e. The number of nitrogens with zero attached hydrogens (tertiary/aromatic N) is 1. The van der Waals surface area contributed by atoms with Gasteiger partial charge >= 0.3 is 0 Å². The minimum Gasteiger partial charge on any atom is -0.457 e. The fourth-order valence-corrected chi connectivity index (χ4v) is 4.95. The Kier molecular flexibility index (Phi) is 7.80. The van der Waals surface area contributed by atoms with Crippen molar-refractivity contribution < 1.29 is 14.3 Å². The van der Waals surface area contributed by atoms with E-state index in [1.165, 1.54) is 0 Å². The molecule has 1 aliphatic heterocycles. The van der Waals surface area contributed by atoms with E-state index in [1.54, 1.807) is 30.3 Å². The molecule has 3 N–H and O–H groups in total. The molecule has 0 spiro atoms. The molecule has 1 aliphatic carbocycles. The van der Waals surface area contributed by atoms with Gasteiger partial charge < -0.3 is 25.6 Å². The van der Waals surface area contributed by atoms with Crippen LogP contribution in [0.2, 0.25) is 0 Å². The van der Waals surface area contributed by atoms with Crippen molar-refractivity contribution in [2.45, 2.75) is 50.2 Å². The Morgan fingerprint density at radius 1 is 1.12 bits per heavy atom. The number of fused-ring (bicyclic) bond motifs is 1. The highest BCUT2D eigenvalue weighted by molar-refractivity contribution is 7.80. The summed E-state index contributed by atoms with van der Waals surface area (Å²) in [6, 6.07) is 16.1. The Labute approximate surface area is 205 Å². The van der Waals surface area contributed by atoms with E-state index >= 15 is 0 Å². The SMILES string of the molecule is C=CCNC(=S)N1[C@H](CC(=O)Nc2ccc(Oc3ccccc3)cc2)C(=O)N[C@@H]2CCCC[C@@H]21. The number of benzene rings is 2. The Balaban J connectivity index is 1.42. The van der Waals surface area contributed by atoms with E-state index in [2.05, 4.69) is 22.5 Å². The molecule has 0 bridgehead atoms. The van der Waals surface area contributed by atoms with Crippen molar-refractivity contribution in [3.8, 4) is 11.5 Å². The summed E-state index contributed by atoms with van der Waals surface area (Å²) in [6.45, 7) is 4.23. The number of thiocarbonyl (C=S) groups is 1. The number of rotatable bonds is 7. The van der Waals surface area contributed by atoms with Crippen LogP contribution in [0.25, 0.3) is 0 Å². The Morgan fingerprint density at radius 2 is 1.82 bits per heavy atom. The van der Waals surface area contributed by atoms with Gasteiger partial charge in [0.15, 0.2) is 5.11 Å². The van der Waals surface area contributed by atoms with Gasteiger partial charge in [0.25, 0.3) is 0 Å². The lowest BCUT2D eigenvalue weighted by Gasteiger charge is -2.49. The largest absolute Gasteiger partial charge is 0.457 e. The van der Waals surface area contributed by atoms with Crippen LogP contribution in [-0.2, 0) is 9.59 Å². The molecule has 0 radical (unpaired) electrons. The highest BCUT2D eigenvalue weighted by Gasteiger charge is 2.44. The fourth-order valence-electron chi connectivity index (χ4n) is 4.60. The van der Waals surface area contributed by atoms with Gasteiger partial charge in [0.1, 0.15) is 17.5 Å². The van der Waals surface area contributed by atoms with Gasteiger partial charge in [-0.25, -0.2) is 0 Å². The number of piperazine rings is 1. The predicted molar refractivity (Wildman–Crippen MR) is 137 cm³/mol. The van der Waals surface area contributed by atoms with Gasteiger partial charge in [0.05, 0.1) is 12.5 Å². The summed E-state index contributed by atoms with van der Waals surface area (Å²) in [4.78, 5) is 27.8. The second kappa shape index (κ2) is 11.2. The summed E-state index contributed by atoms with van der Waals surface area (Å²) in [7, 11) is 0. The molecule has 178 valence electrons. The fraction of sp³-hybridized carbons (Fsp3) is 0.346. The number of nitrogens with one attached hydrogen (secondary N) is 3. The van der Waals surface area contributed by atoms with E-state index in [1.807, 2.05) is 35.2 Å². The van der Waals surface area contributed by atoms with E-state index in [4.69, 9.17) is 17.0 Å². The van der Waals surface area contributed by atoms with E-state index in [0.717, 1.165) is 31.4 Å². The number of carbonyl (C=O) groups is 2. The maximum Gasteiger partial charge on any atom is 0.243 e. The van der Waals surface area contributed by atoms with Crippen LogP contribution in [0.3, 0.4) is 0 Å². The molecular weight excluding hydrogens is 448 g/mol. The molecular formula is C26H30N4O3S. The van der Waals surface area contributed by atoms with Crippen LogP contribution >= 0.6 is 12.2 Å². The van der Waals surface area contributed by atoms with Crippen molar-refractivity contribution in [1.29, 1.82) is 0 Å². The minimum absolute atomic E-state index is 0.00717. The van der Waals surface area contributed by atoms with Gasteiger partial charge in [-0.15, -0.1) is 6.58 Å². The topological polar surface area (TPSA) is 82.7 Å². The summed E-state index contributed by atoms with van der Waals surface area (Å²) in [6.07, 6.45) is 5.75. The average molecular weight is 479 g/mol. The second-order valence-electron chi connectivity index (χ2n) is 8.56. The maximum atomic E-state index is 13.0. The first kappa shape index (κ1) is 23.8. The van der Waals surface area contributed by atoms with Crippen LogP contribution in [0, 0.1) is 0 Å². The summed E-state index contributed by atoms with van der Waals surface area (Å²) < 4.78 is 5.80. The van der Waals surface area contributed by atoms with Gasteiger partial charge in [-0.05, 0) is 61.5 Å². The lowest BCUT2D eigenvalue weighted by atomic mass is 9.85. The van der Waals surface area contributed by atoms with Crippen molar-refractivity contribution in [3.63, 3.8) is 0 Å².